The molecule has 0 unspecified atom stereocenters. The van der Waals surface area contributed by atoms with Gasteiger partial charge in [-0.2, -0.15) is 4.98 Å². The first-order valence-corrected chi connectivity index (χ1v) is 10.6. The van der Waals surface area contributed by atoms with E-state index in [-0.39, 0.29) is 42.7 Å². The van der Waals surface area contributed by atoms with E-state index < -0.39 is 23.8 Å². The van der Waals surface area contributed by atoms with E-state index in [0.717, 1.165) is 11.1 Å². The van der Waals surface area contributed by atoms with Crippen LogP contribution in [0.3, 0.4) is 0 Å². The summed E-state index contributed by atoms with van der Waals surface area (Å²) < 4.78 is 38.3. The van der Waals surface area contributed by atoms with E-state index in [1.807, 2.05) is 4.90 Å². The predicted octanol–water partition coefficient (Wildman–Crippen LogP) is 1.71. The first-order chi connectivity index (χ1) is 16.1. The van der Waals surface area contributed by atoms with Crippen LogP contribution in [0.4, 0.5) is 25.3 Å². The van der Waals surface area contributed by atoms with Gasteiger partial charge in [-0.1, -0.05) is 0 Å². The van der Waals surface area contributed by atoms with Crippen LogP contribution in [-0.4, -0.2) is 92.8 Å². The normalized spacial score (nSPS) is 15.5. The molecule has 1 aromatic heterocycles. The Morgan fingerprint density at radius 1 is 1.44 bits per heavy atom. The Labute approximate surface area is 197 Å². The van der Waals surface area contributed by atoms with Gasteiger partial charge in [-0.3, -0.25) is 14.9 Å². The Morgan fingerprint density at radius 3 is 2.68 bits per heavy atom. The number of nitrogens with zero attached hydrogens (tertiary/aromatic N) is 6. The number of nitrogens with two attached hydrogens (primary N) is 1. The minimum absolute atomic E-state index is 0.0562. The average Bonchev–Trinajstić information content (AvgIpc) is 2.80. The van der Waals surface area contributed by atoms with Crippen molar-refractivity contribution >= 4 is 36.4 Å². The third-order valence-electron chi connectivity index (χ3n) is 4.94. The molecule has 3 N–H and O–H groups in total. The van der Waals surface area contributed by atoms with Crippen molar-refractivity contribution in [2.45, 2.75) is 32.3 Å². The van der Waals surface area contributed by atoms with Gasteiger partial charge in [0.15, 0.2) is 0 Å². The van der Waals surface area contributed by atoms with E-state index in [1.54, 1.807) is 13.8 Å². The smallest absolute Gasteiger partial charge is 0.415 e. The summed E-state index contributed by atoms with van der Waals surface area (Å²) in [6.07, 6.45) is -2.32. The maximum absolute atomic E-state index is 13.7. The molecule has 1 fully saturated rings. The SMILES string of the molecule is C=N/C(=C(\C=N/CN)c1cc(N(C)C(=O)OC(C)(C)CCO)nc(N2CCOCC2)n1)C(F)F. The number of hydrogen-bond donors (Lipinski definition) is 2. The number of aliphatic imine (C=N–C) groups is 2. The quantitative estimate of drug-likeness (QED) is 0.480. The van der Waals surface area contributed by atoms with Gasteiger partial charge >= 0.3 is 6.09 Å². The summed E-state index contributed by atoms with van der Waals surface area (Å²) in [5.74, 6) is 0.314. The van der Waals surface area contributed by atoms with Gasteiger partial charge in [-0.15, -0.1) is 0 Å². The lowest BCUT2D eigenvalue weighted by Crippen LogP contribution is -2.39. The molecule has 188 valence electrons. The van der Waals surface area contributed by atoms with Crippen LogP contribution in [0.2, 0.25) is 0 Å². The number of morpholine rings is 1. The molecule has 0 saturated carbocycles. The van der Waals surface area contributed by atoms with Gasteiger partial charge in [0.1, 0.15) is 17.1 Å². The molecular formula is C21H31F2N7O4. The number of aliphatic hydroxyl groups is 1. The Hall–Kier alpha value is -3.03. The number of aromatic nitrogens is 2. The van der Waals surface area contributed by atoms with Gasteiger partial charge in [-0.25, -0.2) is 18.6 Å². The van der Waals surface area contributed by atoms with Crippen molar-refractivity contribution in [2.24, 2.45) is 15.7 Å². The fourth-order valence-electron chi connectivity index (χ4n) is 3.03. The number of halogens is 2. The first kappa shape index (κ1) is 27.2. The van der Waals surface area contributed by atoms with E-state index in [9.17, 15) is 18.7 Å². The molecule has 0 aliphatic carbocycles. The zero-order chi connectivity index (χ0) is 25.3. The van der Waals surface area contributed by atoms with Crippen molar-refractivity contribution in [1.29, 1.82) is 0 Å². The van der Waals surface area contributed by atoms with Crippen molar-refractivity contribution in [2.75, 3.05) is 56.4 Å². The summed E-state index contributed by atoms with van der Waals surface area (Å²) in [7, 11) is 1.43. The number of rotatable bonds is 10. The summed E-state index contributed by atoms with van der Waals surface area (Å²) in [6.45, 7) is 8.06. The highest BCUT2D eigenvalue weighted by atomic mass is 19.3. The molecule has 34 heavy (non-hydrogen) atoms. The molecule has 1 aliphatic heterocycles. The molecule has 0 aromatic carbocycles. The highest BCUT2D eigenvalue weighted by molar-refractivity contribution is 6.11. The van der Waals surface area contributed by atoms with E-state index in [1.165, 1.54) is 13.1 Å². The summed E-state index contributed by atoms with van der Waals surface area (Å²) in [5, 5.41) is 9.20. The van der Waals surface area contributed by atoms with Crippen LogP contribution >= 0.6 is 0 Å². The van der Waals surface area contributed by atoms with Gasteiger partial charge in [0.2, 0.25) is 5.95 Å². The zero-order valence-corrected chi connectivity index (χ0v) is 19.6. The van der Waals surface area contributed by atoms with Crippen molar-refractivity contribution in [3.05, 3.63) is 17.5 Å². The lowest BCUT2D eigenvalue weighted by Gasteiger charge is -2.29. The number of hydrogen-bond acceptors (Lipinski definition) is 10. The summed E-state index contributed by atoms with van der Waals surface area (Å²) in [4.78, 5) is 32.0. The van der Waals surface area contributed by atoms with E-state index in [0.29, 0.717) is 26.3 Å². The molecule has 0 radical (unpaired) electrons. The number of amides is 1. The lowest BCUT2D eigenvalue weighted by molar-refractivity contribution is 0.0258. The molecule has 1 amide bonds. The molecule has 1 saturated heterocycles. The molecule has 13 heteroatoms. The van der Waals surface area contributed by atoms with Crippen molar-refractivity contribution < 1.29 is 28.2 Å². The van der Waals surface area contributed by atoms with E-state index in [4.69, 9.17) is 15.2 Å². The summed E-state index contributed by atoms with van der Waals surface area (Å²) in [6, 6.07) is 1.36. The molecule has 1 aromatic rings. The van der Waals surface area contributed by atoms with E-state index in [2.05, 4.69) is 26.7 Å². The molecule has 2 heterocycles. The van der Waals surface area contributed by atoms with Gasteiger partial charge in [0.05, 0.1) is 25.6 Å². The number of carbonyl (C=O) groups is 1. The second kappa shape index (κ2) is 12.4. The Kier molecular flexibility index (Phi) is 9.96. The minimum atomic E-state index is -2.95. The third kappa shape index (κ3) is 7.23. The number of aliphatic hydroxyl groups excluding tert-OH is 1. The fourth-order valence-corrected chi connectivity index (χ4v) is 3.03. The van der Waals surface area contributed by atoms with Crippen LogP contribution in [0.1, 0.15) is 26.0 Å². The van der Waals surface area contributed by atoms with Crippen molar-refractivity contribution in [1.82, 2.24) is 9.97 Å². The Balaban J connectivity index is 2.60. The monoisotopic (exact) mass is 483 g/mol. The highest BCUT2D eigenvalue weighted by Crippen LogP contribution is 2.27. The highest BCUT2D eigenvalue weighted by Gasteiger charge is 2.28. The van der Waals surface area contributed by atoms with Crippen LogP contribution in [0.15, 0.2) is 21.7 Å². The van der Waals surface area contributed by atoms with E-state index >= 15 is 0 Å². The van der Waals surface area contributed by atoms with Crippen LogP contribution in [0.5, 0.6) is 0 Å². The van der Waals surface area contributed by atoms with Crippen molar-refractivity contribution in [3.63, 3.8) is 0 Å². The Morgan fingerprint density at radius 2 is 2.12 bits per heavy atom. The third-order valence-corrected chi connectivity index (χ3v) is 4.94. The average molecular weight is 484 g/mol. The number of anilines is 2. The molecule has 11 nitrogen and oxygen atoms in total. The topological polar surface area (TPSA) is 139 Å². The standard InChI is InChI=1S/C21H31F2N7O4/c1-21(2,5-8-31)34-20(32)29(4)16-11-15(14(12-26-13-24)17(25-3)18(22)23)27-19(28-16)30-6-9-33-10-7-30/h11-12,18,31H,3,5-10,13,24H2,1-2,4H3/b17-14+,26-12-. The largest absolute Gasteiger partial charge is 0.443 e. The molecule has 2 rings (SSSR count). The summed E-state index contributed by atoms with van der Waals surface area (Å²) in [5.41, 5.74) is 3.81. The number of alkyl halides is 2. The predicted molar refractivity (Wildman–Crippen MR) is 126 cm³/mol. The fraction of sp³-hybridized carbons (Fsp3) is 0.571. The molecule has 0 spiro atoms. The van der Waals surface area contributed by atoms with Gasteiger partial charge in [0, 0.05) is 51.0 Å². The first-order valence-electron chi connectivity index (χ1n) is 10.6. The Bertz CT molecular complexity index is 918. The maximum Gasteiger partial charge on any atom is 0.415 e. The lowest BCUT2D eigenvalue weighted by atomic mass is 10.1. The second-order valence-corrected chi connectivity index (χ2v) is 7.92. The molecule has 1 aliphatic rings. The van der Waals surface area contributed by atoms with Crippen LogP contribution in [0.25, 0.3) is 5.57 Å². The van der Waals surface area contributed by atoms with Crippen LogP contribution in [0, 0.1) is 0 Å². The van der Waals surface area contributed by atoms with Gasteiger partial charge in [0.25, 0.3) is 6.43 Å². The van der Waals surface area contributed by atoms with Crippen molar-refractivity contribution in [3.8, 4) is 0 Å². The number of carbonyl (C=O) groups excluding carboxylic acids is 1. The van der Waals surface area contributed by atoms with Crippen LogP contribution in [-0.2, 0) is 9.47 Å². The van der Waals surface area contributed by atoms with Gasteiger partial charge < -0.3 is 25.2 Å². The summed E-state index contributed by atoms with van der Waals surface area (Å²) >= 11 is 0. The molecular weight excluding hydrogens is 452 g/mol. The minimum Gasteiger partial charge on any atom is -0.443 e. The van der Waals surface area contributed by atoms with Crippen LogP contribution < -0.4 is 15.5 Å². The van der Waals surface area contributed by atoms with Gasteiger partial charge in [-0.05, 0) is 20.6 Å². The second-order valence-electron chi connectivity index (χ2n) is 7.92. The maximum atomic E-state index is 13.7. The zero-order valence-electron chi connectivity index (χ0n) is 19.6. The number of allylic oxidation sites excluding steroid dienone is 2. The molecule has 0 bridgehead atoms. The number of ether oxygens (including phenoxy) is 2. The molecule has 0 atom stereocenters.